The molecule has 0 bridgehead atoms. The Morgan fingerprint density at radius 1 is 1.20 bits per heavy atom. The summed E-state index contributed by atoms with van der Waals surface area (Å²) in [7, 11) is -3.07. The van der Waals surface area contributed by atoms with Crippen molar-refractivity contribution in [3.05, 3.63) is 29.8 Å². The Bertz CT molecular complexity index is 427. The van der Waals surface area contributed by atoms with Gasteiger partial charge in [-0.2, -0.15) is 0 Å². The second-order valence-corrected chi connectivity index (χ2v) is 8.47. The molecule has 0 amide bonds. The van der Waals surface area contributed by atoms with E-state index in [1.807, 2.05) is 12.1 Å². The lowest BCUT2D eigenvalue weighted by molar-refractivity contribution is 0.602. The monoisotopic (exact) mass is 290 g/mol. The molecule has 1 rings (SSSR count). The van der Waals surface area contributed by atoms with Crippen molar-refractivity contribution in [2.75, 3.05) is 6.26 Å². The van der Waals surface area contributed by atoms with Gasteiger partial charge < -0.3 is 0 Å². The molecule has 2 nitrogen and oxygen atoms in total. The molecule has 0 heterocycles. The normalized spacial score (nSPS) is 12.8. The Balaban J connectivity index is 2.92. The van der Waals surface area contributed by atoms with Crippen LogP contribution in [0, 0.1) is 0 Å². The predicted molar refractivity (Wildman–Crippen MR) is 66.3 cm³/mol. The molecule has 0 saturated carbocycles. The summed E-state index contributed by atoms with van der Waals surface area (Å²) in [4.78, 5) is 0.374. The van der Waals surface area contributed by atoms with Gasteiger partial charge in [-0.05, 0) is 38.0 Å². The SMILES string of the molecule is CC(C)(Br)Cc1ccc(S(C)(=O)=O)cc1. The molecule has 0 radical (unpaired) electrons. The Hall–Kier alpha value is -0.350. The van der Waals surface area contributed by atoms with Crippen LogP contribution in [0.2, 0.25) is 0 Å². The molecule has 0 aromatic heterocycles. The molecule has 0 fully saturated rings. The standard InChI is InChI=1S/C11H15BrO2S/c1-11(2,12)8-9-4-6-10(7-5-9)15(3,13)14/h4-7H,8H2,1-3H3. The summed E-state index contributed by atoms with van der Waals surface area (Å²) in [6, 6.07) is 7.03. The van der Waals surface area contributed by atoms with Crippen molar-refractivity contribution in [1.82, 2.24) is 0 Å². The number of sulfone groups is 1. The third kappa shape index (κ3) is 4.34. The summed E-state index contributed by atoms with van der Waals surface area (Å²) in [6.07, 6.45) is 2.09. The molecule has 0 saturated heterocycles. The summed E-state index contributed by atoms with van der Waals surface area (Å²) < 4.78 is 22.5. The Morgan fingerprint density at radius 3 is 2.00 bits per heavy atom. The zero-order chi connectivity index (χ0) is 11.7. The summed E-state index contributed by atoms with van der Waals surface area (Å²) in [6.45, 7) is 4.16. The number of benzene rings is 1. The summed E-state index contributed by atoms with van der Waals surface area (Å²) in [5, 5.41) is 0. The van der Waals surface area contributed by atoms with Crippen molar-refractivity contribution >= 4 is 25.8 Å². The van der Waals surface area contributed by atoms with Gasteiger partial charge in [0.25, 0.3) is 0 Å². The van der Waals surface area contributed by atoms with E-state index in [-0.39, 0.29) is 4.32 Å². The number of rotatable bonds is 3. The molecular formula is C11H15BrO2S. The third-order valence-electron chi connectivity index (χ3n) is 1.98. The maximum Gasteiger partial charge on any atom is 0.175 e. The van der Waals surface area contributed by atoms with Crippen LogP contribution in [-0.2, 0) is 16.3 Å². The average molecular weight is 291 g/mol. The van der Waals surface area contributed by atoms with Gasteiger partial charge >= 0.3 is 0 Å². The number of hydrogen-bond donors (Lipinski definition) is 0. The minimum atomic E-state index is -3.07. The average Bonchev–Trinajstić information content (AvgIpc) is 2.00. The van der Waals surface area contributed by atoms with Crippen molar-refractivity contribution in [2.24, 2.45) is 0 Å². The summed E-state index contributed by atoms with van der Waals surface area (Å²) >= 11 is 3.56. The molecule has 0 aliphatic heterocycles. The summed E-state index contributed by atoms with van der Waals surface area (Å²) in [5.74, 6) is 0. The highest BCUT2D eigenvalue weighted by molar-refractivity contribution is 9.10. The molecule has 15 heavy (non-hydrogen) atoms. The molecule has 1 aromatic carbocycles. The fourth-order valence-corrected chi connectivity index (χ4v) is 2.29. The maximum absolute atomic E-state index is 11.2. The van der Waals surface area contributed by atoms with Gasteiger partial charge in [0, 0.05) is 10.6 Å². The van der Waals surface area contributed by atoms with Gasteiger partial charge in [0.05, 0.1) is 4.90 Å². The van der Waals surface area contributed by atoms with E-state index in [1.165, 1.54) is 6.26 Å². The van der Waals surface area contributed by atoms with Gasteiger partial charge in [0.2, 0.25) is 0 Å². The van der Waals surface area contributed by atoms with Gasteiger partial charge in [-0.25, -0.2) is 8.42 Å². The molecule has 0 aliphatic carbocycles. The topological polar surface area (TPSA) is 34.1 Å². The molecule has 1 aromatic rings. The fourth-order valence-electron chi connectivity index (χ4n) is 1.34. The molecule has 0 N–H and O–H groups in total. The molecular weight excluding hydrogens is 276 g/mol. The van der Waals surface area contributed by atoms with Gasteiger partial charge in [0.1, 0.15) is 0 Å². The Labute approximate surface area is 99.7 Å². The lowest BCUT2D eigenvalue weighted by Crippen LogP contribution is -2.13. The minimum absolute atomic E-state index is 0.0413. The fraction of sp³-hybridized carbons (Fsp3) is 0.455. The molecule has 84 valence electrons. The highest BCUT2D eigenvalue weighted by Gasteiger charge is 2.14. The van der Waals surface area contributed by atoms with E-state index in [2.05, 4.69) is 29.8 Å². The molecule has 0 aliphatic rings. The first-order chi connectivity index (χ1) is 6.68. The van der Waals surface area contributed by atoms with E-state index in [0.29, 0.717) is 4.90 Å². The van der Waals surface area contributed by atoms with E-state index in [9.17, 15) is 8.42 Å². The van der Waals surface area contributed by atoms with E-state index < -0.39 is 9.84 Å². The number of alkyl halides is 1. The lowest BCUT2D eigenvalue weighted by atomic mass is 10.0. The second kappa shape index (κ2) is 4.26. The number of hydrogen-bond acceptors (Lipinski definition) is 2. The summed E-state index contributed by atoms with van der Waals surface area (Å²) in [5.41, 5.74) is 1.13. The van der Waals surface area contributed by atoms with Gasteiger partial charge in [0.15, 0.2) is 9.84 Å². The van der Waals surface area contributed by atoms with Crippen LogP contribution in [0.15, 0.2) is 29.2 Å². The van der Waals surface area contributed by atoms with Crippen LogP contribution in [0.4, 0.5) is 0 Å². The van der Waals surface area contributed by atoms with Gasteiger partial charge in [-0.15, -0.1) is 0 Å². The largest absolute Gasteiger partial charge is 0.224 e. The quantitative estimate of drug-likeness (QED) is 0.803. The predicted octanol–water partition coefficient (Wildman–Crippen LogP) is 2.81. The Kier molecular flexibility index (Phi) is 3.61. The van der Waals surface area contributed by atoms with Crippen molar-refractivity contribution in [3.8, 4) is 0 Å². The molecule has 0 atom stereocenters. The minimum Gasteiger partial charge on any atom is -0.224 e. The zero-order valence-electron chi connectivity index (χ0n) is 9.12. The number of halogens is 1. The van der Waals surface area contributed by atoms with Crippen LogP contribution in [0.3, 0.4) is 0 Å². The van der Waals surface area contributed by atoms with Crippen LogP contribution >= 0.6 is 15.9 Å². The van der Waals surface area contributed by atoms with Crippen molar-refractivity contribution in [3.63, 3.8) is 0 Å². The first kappa shape index (κ1) is 12.7. The molecule has 0 spiro atoms. The van der Waals surface area contributed by atoms with Crippen LogP contribution in [0.5, 0.6) is 0 Å². The van der Waals surface area contributed by atoms with Gasteiger partial charge in [-0.1, -0.05) is 28.1 Å². The van der Waals surface area contributed by atoms with Crippen LogP contribution in [-0.4, -0.2) is 19.0 Å². The second-order valence-electron chi connectivity index (χ2n) is 4.31. The van der Waals surface area contributed by atoms with Crippen LogP contribution in [0.1, 0.15) is 19.4 Å². The van der Waals surface area contributed by atoms with E-state index in [1.54, 1.807) is 12.1 Å². The van der Waals surface area contributed by atoms with Crippen LogP contribution < -0.4 is 0 Å². The highest BCUT2D eigenvalue weighted by Crippen LogP contribution is 2.22. The smallest absolute Gasteiger partial charge is 0.175 e. The first-order valence-electron chi connectivity index (χ1n) is 4.66. The molecule has 4 heteroatoms. The Morgan fingerprint density at radius 2 is 1.67 bits per heavy atom. The van der Waals surface area contributed by atoms with E-state index in [0.717, 1.165) is 12.0 Å². The van der Waals surface area contributed by atoms with Crippen LogP contribution in [0.25, 0.3) is 0 Å². The molecule has 0 unspecified atom stereocenters. The maximum atomic E-state index is 11.2. The van der Waals surface area contributed by atoms with Crippen molar-refractivity contribution < 1.29 is 8.42 Å². The van der Waals surface area contributed by atoms with E-state index >= 15 is 0 Å². The van der Waals surface area contributed by atoms with E-state index in [4.69, 9.17) is 0 Å². The zero-order valence-corrected chi connectivity index (χ0v) is 11.5. The lowest BCUT2D eigenvalue weighted by Gasteiger charge is -2.15. The van der Waals surface area contributed by atoms with Gasteiger partial charge in [-0.3, -0.25) is 0 Å². The first-order valence-corrected chi connectivity index (χ1v) is 7.35. The third-order valence-corrected chi connectivity index (χ3v) is 3.38. The van der Waals surface area contributed by atoms with Crippen molar-refractivity contribution in [2.45, 2.75) is 29.5 Å². The highest BCUT2D eigenvalue weighted by atomic mass is 79.9. The van der Waals surface area contributed by atoms with Crippen molar-refractivity contribution in [1.29, 1.82) is 0 Å².